The van der Waals surface area contributed by atoms with Gasteiger partial charge >= 0.3 is 0 Å². The fourth-order valence-corrected chi connectivity index (χ4v) is 2.77. The molecule has 1 amide bonds. The minimum Gasteiger partial charge on any atom is -0.340 e. The molecule has 3 nitrogen and oxygen atoms in total. The van der Waals surface area contributed by atoms with Gasteiger partial charge in [0.25, 0.3) is 0 Å². The molecule has 0 spiro atoms. The van der Waals surface area contributed by atoms with Gasteiger partial charge in [-0.15, -0.1) is 0 Å². The molecule has 1 aromatic rings. The van der Waals surface area contributed by atoms with Gasteiger partial charge in [0.2, 0.25) is 5.91 Å². The monoisotopic (exact) mass is 258 g/mol. The highest BCUT2D eigenvalue weighted by Gasteiger charge is 2.23. The van der Waals surface area contributed by atoms with Crippen molar-refractivity contribution in [2.45, 2.75) is 38.1 Å². The quantitative estimate of drug-likeness (QED) is 0.898. The highest BCUT2D eigenvalue weighted by Crippen LogP contribution is 2.39. The third kappa shape index (κ3) is 3.16. The van der Waals surface area contributed by atoms with Gasteiger partial charge in [0.05, 0.1) is 6.42 Å². The Balaban J connectivity index is 1.58. The molecule has 0 radical (unpaired) electrons. The van der Waals surface area contributed by atoms with E-state index in [9.17, 15) is 4.79 Å². The Morgan fingerprint density at radius 3 is 2.68 bits per heavy atom. The van der Waals surface area contributed by atoms with Crippen molar-refractivity contribution in [2.24, 2.45) is 0 Å². The smallest absolute Gasteiger partial charge is 0.227 e. The van der Waals surface area contributed by atoms with E-state index in [1.165, 1.54) is 18.4 Å². The van der Waals surface area contributed by atoms with E-state index in [-0.39, 0.29) is 5.91 Å². The van der Waals surface area contributed by atoms with Crippen LogP contribution in [0.5, 0.6) is 0 Å². The summed E-state index contributed by atoms with van der Waals surface area (Å²) in [6, 6.07) is 9.05. The zero-order valence-corrected chi connectivity index (χ0v) is 11.6. The van der Waals surface area contributed by atoms with Gasteiger partial charge in [-0.25, -0.2) is 0 Å². The van der Waals surface area contributed by atoms with Crippen LogP contribution >= 0.6 is 0 Å². The molecule has 102 valence electrons. The summed E-state index contributed by atoms with van der Waals surface area (Å²) < 4.78 is 0. The van der Waals surface area contributed by atoms with Gasteiger partial charge in [-0.3, -0.25) is 4.79 Å². The molecule has 2 fully saturated rings. The van der Waals surface area contributed by atoms with Gasteiger partial charge in [0, 0.05) is 25.7 Å². The lowest BCUT2D eigenvalue weighted by Gasteiger charge is -2.32. The van der Waals surface area contributed by atoms with Crippen molar-refractivity contribution in [2.75, 3.05) is 19.6 Å². The molecule has 1 aromatic carbocycles. The summed E-state index contributed by atoms with van der Waals surface area (Å²) in [6.07, 6.45) is 3.20. The number of hydrogen-bond acceptors (Lipinski definition) is 2. The normalized spacial score (nSPS) is 23.4. The lowest BCUT2D eigenvalue weighted by molar-refractivity contribution is -0.131. The molecule has 3 rings (SSSR count). The SMILES string of the molecule is CC1CN(C(=O)Cc2ccc(C3CC3)cc2)CCN1. The average molecular weight is 258 g/mol. The summed E-state index contributed by atoms with van der Waals surface area (Å²) in [4.78, 5) is 14.2. The standard InChI is InChI=1S/C16H22N2O/c1-12-11-18(9-8-17-12)16(19)10-13-2-4-14(5-3-13)15-6-7-15/h2-5,12,15,17H,6-11H2,1H3. The Hall–Kier alpha value is -1.35. The van der Waals surface area contributed by atoms with Crippen LogP contribution < -0.4 is 5.32 Å². The molecule has 1 atom stereocenters. The van der Waals surface area contributed by atoms with Crippen LogP contribution in [0.1, 0.15) is 36.8 Å². The van der Waals surface area contributed by atoms with Gasteiger partial charge in [-0.05, 0) is 36.8 Å². The van der Waals surface area contributed by atoms with E-state index >= 15 is 0 Å². The number of carbonyl (C=O) groups is 1. The Labute approximate surface area is 115 Å². The number of amides is 1. The van der Waals surface area contributed by atoms with Crippen LogP contribution in [0.4, 0.5) is 0 Å². The average Bonchev–Trinajstić information content (AvgIpc) is 3.24. The number of piperazine rings is 1. The molecule has 1 saturated heterocycles. The Morgan fingerprint density at radius 2 is 2.05 bits per heavy atom. The summed E-state index contributed by atoms with van der Waals surface area (Å²) in [5, 5.41) is 3.36. The predicted molar refractivity (Wildman–Crippen MR) is 76.2 cm³/mol. The van der Waals surface area contributed by atoms with E-state index in [2.05, 4.69) is 36.5 Å². The lowest BCUT2D eigenvalue weighted by atomic mass is 10.1. The first-order valence-electron chi connectivity index (χ1n) is 7.32. The van der Waals surface area contributed by atoms with Crippen LogP contribution in [-0.2, 0) is 11.2 Å². The maximum atomic E-state index is 12.2. The molecular formula is C16H22N2O. The topological polar surface area (TPSA) is 32.3 Å². The zero-order chi connectivity index (χ0) is 13.2. The first-order chi connectivity index (χ1) is 9.22. The Morgan fingerprint density at radius 1 is 1.32 bits per heavy atom. The molecule has 19 heavy (non-hydrogen) atoms. The Kier molecular flexibility index (Phi) is 3.56. The summed E-state index contributed by atoms with van der Waals surface area (Å²) in [6.45, 7) is 4.71. The molecular weight excluding hydrogens is 236 g/mol. The summed E-state index contributed by atoms with van der Waals surface area (Å²) >= 11 is 0. The largest absolute Gasteiger partial charge is 0.340 e. The van der Waals surface area contributed by atoms with Crippen LogP contribution in [0.3, 0.4) is 0 Å². The third-order valence-electron chi connectivity index (χ3n) is 4.11. The second-order valence-electron chi connectivity index (χ2n) is 5.89. The molecule has 0 bridgehead atoms. The van der Waals surface area contributed by atoms with E-state index in [1.807, 2.05) is 4.90 Å². The maximum Gasteiger partial charge on any atom is 0.227 e. The molecule has 1 saturated carbocycles. The van der Waals surface area contributed by atoms with E-state index in [0.29, 0.717) is 12.5 Å². The second-order valence-corrected chi connectivity index (χ2v) is 5.89. The molecule has 1 N–H and O–H groups in total. The molecule has 1 unspecified atom stereocenters. The molecule has 1 aliphatic heterocycles. The number of carbonyl (C=O) groups excluding carboxylic acids is 1. The summed E-state index contributed by atoms with van der Waals surface area (Å²) in [7, 11) is 0. The number of nitrogens with one attached hydrogen (secondary N) is 1. The third-order valence-corrected chi connectivity index (χ3v) is 4.11. The van der Waals surface area contributed by atoms with Crippen molar-refractivity contribution in [3.63, 3.8) is 0 Å². The first kappa shape index (κ1) is 12.7. The fourth-order valence-electron chi connectivity index (χ4n) is 2.77. The van der Waals surface area contributed by atoms with Crippen LogP contribution in [-0.4, -0.2) is 36.5 Å². The van der Waals surface area contributed by atoms with Crippen LogP contribution in [0.25, 0.3) is 0 Å². The van der Waals surface area contributed by atoms with Crippen LogP contribution in [0.15, 0.2) is 24.3 Å². The van der Waals surface area contributed by atoms with Gasteiger partial charge in [-0.1, -0.05) is 24.3 Å². The van der Waals surface area contributed by atoms with Crippen molar-refractivity contribution < 1.29 is 4.79 Å². The van der Waals surface area contributed by atoms with E-state index in [0.717, 1.165) is 31.1 Å². The maximum absolute atomic E-state index is 12.2. The predicted octanol–water partition coefficient (Wildman–Crippen LogP) is 1.93. The highest BCUT2D eigenvalue weighted by molar-refractivity contribution is 5.79. The van der Waals surface area contributed by atoms with Gasteiger partial charge in [0.15, 0.2) is 0 Å². The van der Waals surface area contributed by atoms with Crippen molar-refractivity contribution in [3.8, 4) is 0 Å². The number of hydrogen-bond donors (Lipinski definition) is 1. The van der Waals surface area contributed by atoms with Gasteiger partial charge in [0.1, 0.15) is 0 Å². The van der Waals surface area contributed by atoms with E-state index in [1.54, 1.807) is 0 Å². The van der Waals surface area contributed by atoms with Gasteiger partial charge < -0.3 is 10.2 Å². The minimum atomic E-state index is 0.257. The fraction of sp³-hybridized carbons (Fsp3) is 0.562. The highest BCUT2D eigenvalue weighted by atomic mass is 16.2. The second kappa shape index (κ2) is 5.33. The number of rotatable bonds is 3. The van der Waals surface area contributed by atoms with Crippen LogP contribution in [0.2, 0.25) is 0 Å². The van der Waals surface area contributed by atoms with Crippen LogP contribution in [0, 0.1) is 0 Å². The van der Waals surface area contributed by atoms with E-state index in [4.69, 9.17) is 0 Å². The molecule has 2 aliphatic rings. The molecule has 1 heterocycles. The van der Waals surface area contributed by atoms with Crippen molar-refractivity contribution >= 4 is 5.91 Å². The van der Waals surface area contributed by atoms with Crippen molar-refractivity contribution in [1.29, 1.82) is 0 Å². The van der Waals surface area contributed by atoms with Crippen molar-refractivity contribution in [3.05, 3.63) is 35.4 Å². The molecule has 1 aliphatic carbocycles. The zero-order valence-electron chi connectivity index (χ0n) is 11.6. The summed E-state index contributed by atoms with van der Waals surface area (Å²) in [5.74, 6) is 1.05. The van der Waals surface area contributed by atoms with Crippen molar-refractivity contribution in [1.82, 2.24) is 10.2 Å². The first-order valence-corrected chi connectivity index (χ1v) is 7.32. The molecule has 0 aromatic heterocycles. The number of nitrogens with zero attached hydrogens (tertiary/aromatic N) is 1. The summed E-state index contributed by atoms with van der Waals surface area (Å²) in [5.41, 5.74) is 2.58. The number of benzene rings is 1. The minimum absolute atomic E-state index is 0.257. The lowest BCUT2D eigenvalue weighted by Crippen LogP contribution is -2.51. The Bertz CT molecular complexity index is 450. The molecule has 3 heteroatoms. The van der Waals surface area contributed by atoms with Gasteiger partial charge in [-0.2, -0.15) is 0 Å². The van der Waals surface area contributed by atoms with E-state index < -0.39 is 0 Å².